The fourth-order valence-electron chi connectivity index (χ4n) is 3.76. The highest BCUT2D eigenvalue weighted by Gasteiger charge is 2.34. The normalized spacial score (nSPS) is 35.0. The van der Waals surface area contributed by atoms with Gasteiger partial charge in [0.15, 0.2) is 0 Å². The van der Waals surface area contributed by atoms with Gasteiger partial charge < -0.3 is 0 Å². The summed E-state index contributed by atoms with van der Waals surface area (Å²) in [6.07, 6.45) is 12.2. The van der Waals surface area contributed by atoms with Crippen molar-refractivity contribution in [2.24, 2.45) is 11.8 Å². The number of carbonyl (C=O) groups excluding carboxylic acids is 2. The zero-order chi connectivity index (χ0) is 15.9. The zero-order valence-corrected chi connectivity index (χ0v) is 14.9. The van der Waals surface area contributed by atoms with E-state index in [0.29, 0.717) is 17.6 Å². The van der Waals surface area contributed by atoms with Gasteiger partial charge in [-0.3, -0.25) is 14.9 Å². The zero-order valence-electron chi connectivity index (χ0n) is 14.1. The molecule has 4 unspecified atom stereocenters. The standard InChI is InChI=1S/C18H31NO2S/c1-3-14-9-6-4-5-8-13(2)15(11-7-10-14)22-16-12-17(20)19-18(16)21/h13-16H,3-12H2,1-2H3,(H,19,20,21). The Kier molecular flexibility index (Phi) is 7.26. The van der Waals surface area contributed by atoms with Crippen molar-refractivity contribution in [3.63, 3.8) is 0 Å². The third-order valence-electron chi connectivity index (χ3n) is 5.35. The molecule has 1 saturated carbocycles. The van der Waals surface area contributed by atoms with Crippen molar-refractivity contribution in [2.75, 3.05) is 0 Å². The summed E-state index contributed by atoms with van der Waals surface area (Å²) >= 11 is 1.77. The number of hydrogen-bond donors (Lipinski definition) is 1. The van der Waals surface area contributed by atoms with Crippen LogP contribution in [0.1, 0.15) is 78.1 Å². The molecule has 1 aliphatic carbocycles. The first-order chi connectivity index (χ1) is 10.6. The van der Waals surface area contributed by atoms with Crippen LogP contribution in [0.2, 0.25) is 0 Å². The van der Waals surface area contributed by atoms with E-state index in [9.17, 15) is 9.59 Å². The van der Waals surface area contributed by atoms with Gasteiger partial charge >= 0.3 is 0 Å². The second-order valence-electron chi connectivity index (χ2n) is 7.10. The van der Waals surface area contributed by atoms with Crippen LogP contribution in [0.15, 0.2) is 0 Å². The summed E-state index contributed by atoms with van der Waals surface area (Å²) in [6, 6.07) is 0. The Hall–Kier alpha value is -0.510. The molecule has 0 radical (unpaired) electrons. The molecule has 1 saturated heterocycles. The molecule has 0 aromatic carbocycles. The number of thioether (sulfide) groups is 1. The minimum absolute atomic E-state index is 0.0667. The van der Waals surface area contributed by atoms with Gasteiger partial charge in [0, 0.05) is 11.7 Å². The van der Waals surface area contributed by atoms with E-state index in [2.05, 4.69) is 19.2 Å². The van der Waals surface area contributed by atoms with Gasteiger partial charge in [0.05, 0.1) is 5.25 Å². The number of imide groups is 1. The molecule has 126 valence electrons. The molecule has 2 amide bonds. The summed E-state index contributed by atoms with van der Waals surface area (Å²) in [5.74, 6) is 1.36. The summed E-state index contributed by atoms with van der Waals surface area (Å²) in [5.41, 5.74) is 0. The summed E-state index contributed by atoms with van der Waals surface area (Å²) < 4.78 is 0. The first-order valence-electron chi connectivity index (χ1n) is 9.09. The average Bonchev–Trinajstić information content (AvgIpc) is 2.78. The van der Waals surface area contributed by atoms with Crippen molar-refractivity contribution in [2.45, 2.75) is 88.6 Å². The SMILES string of the molecule is CCC1CCCCCC(C)C(SC2CC(=O)NC2=O)CCC1. The molecule has 0 aromatic rings. The lowest BCUT2D eigenvalue weighted by Crippen LogP contribution is -2.26. The lowest BCUT2D eigenvalue weighted by molar-refractivity contribution is -0.124. The Labute approximate surface area is 139 Å². The topological polar surface area (TPSA) is 46.2 Å². The van der Waals surface area contributed by atoms with Gasteiger partial charge in [-0.15, -0.1) is 11.8 Å². The highest BCUT2D eigenvalue weighted by molar-refractivity contribution is 8.01. The van der Waals surface area contributed by atoms with E-state index < -0.39 is 0 Å². The molecule has 3 nitrogen and oxygen atoms in total. The van der Waals surface area contributed by atoms with Crippen molar-refractivity contribution in [3.05, 3.63) is 0 Å². The summed E-state index contributed by atoms with van der Waals surface area (Å²) in [6.45, 7) is 4.65. The maximum Gasteiger partial charge on any atom is 0.240 e. The second kappa shape index (κ2) is 8.95. The Balaban J connectivity index is 1.93. The van der Waals surface area contributed by atoms with Crippen LogP contribution >= 0.6 is 11.8 Å². The quantitative estimate of drug-likeness (QED) is 0.787. The summed E-state index contributed by atoms with van der Waals surface area (Å²) in [4.78, 5) is 23.2. The molecular weight excluding hydrogens is 294 g/mol. The average molecular weight is 326 g/mol. The van der Waals surface area contributed by atoms with Gasteiger partial charge in [0.1, 0.15) is 0 Å². The lowest BCUT2D eigenvalue weighted by atomic mass is 9.93. The Morgan fingerprint density at radius 1 is 1.05 bits per heavy atom. The first-order valence-corrected chi connectivity index (χ1v) is 10.0. The predicted molar refractivity (Wildman–Crippen MR) is 92.8 cm³/mol. The molecule has 1 aliphatic heterocycles. The van der Waals surface area contributed by atoms with Crippen molar-refractivity contribution in [1.29, 1.82) is 0 Å². The van der Waals surface area contributed by atoms with Crippen molar-refractivity contribution >= 4 is 23.6 Å². The Bertz CT molecular complexity index is 385. The number of nitrogens with one attached hydrogen (secondary N) is 1. The first kappa shape index (κ1) is 17.8. The maximum absolute atomic E-state index is 11.8. The maximum atomic E-state index is 11.8. The van der Waals surface area contributed by atoms with Crippen LogP contribution in [0, 0.1) is 11.8 Å². The molecule has 0 spiro atoms. The van der Waals surface area contributed by atoms with Gasteiger partial charge in [-0.1, -0.05) is 58.8 Å². The predicted octanol–water partition coefficient (Wildman–Crippen LogP) is 4.30. The van der Waals surface area contributed by atoms with Crippen LogP contribution in [-0.4, -0.2) is 22.3 Å². The molecule has 2 aliphatic rings. The number of rotatable bonds is 3. The second-order valence-corrected chi connectivity index (χ2v) is 8.55. The highest BCUT2D eigenvalue weighted by Crippen LogP contribution is 2.35. The molecule has 4 atom stereocenters. The molecule has 0 aromatic heterocycles. The van der Waals surface area contributed by atoms with Crippen LogP contribution in [0.5, 0.6) is 0 Å². The minimum atomic E-state index is -0.146. The molecule has 0 bridgehead atoms. The van der Waals surface area contributed by atoms with Gasteiger partial charge in [-0.2, -0.15) is 0 Å². The minimum Gasteiger partial charge on any atom is -0.295 e. The Morgan fingerprint density at radius 3 is 2.45 bits per heavy atom. The molecule has 1 N–H and O–H groups in total. The van der Waals surface area contributed by atoms with E-state index in [1.165, 1.54) is 57.8 Å². The fourth-order valence-corrected chi connectivity index (χ4v) is 5.32. The van der Waals surface area contributed by atoms with Crippen LogP contribution in [0.25, 0.3) is 0 Å². The highest BCUT2D eigenvalue weighted by atomic mass is 32.2. The van der Waals surface area contributed by atoms with Gasteiger partial charge in [0.25, 0.3) is 0 Å². The summed E-state index contributed by atoms with van der Waals surface area (Å²) in [7, 11) is 0. The number of hydrogen-bond acceptors (Lipinski definition) is 3. The van der Waals surface area contributed by atoms with Crippen LogP contribution in [-0.2, 0) is 9.59 Å². The van der Waals surface area contributed by atoms with Crippen molar-refractivity contribution < 1.29 is 9.59 Å². The third-order valence-corrected chi connectivity index (χ3v) is 7.11. The van der Waals surface area contributed by atoms with Gasteiger partial charge in [0.2, 0.25) is 11.8 Å². The number of carbonyl (C=O) groups is 2. The van der Waals surface area contributed by atoms with E-state index in [1.54, 1.807) is 11.8 Å². The van der Waals surface area contributed by atoms with Crippen LogP contribution in [0.3, 0.4) is 0 Å². The van der Waals surface area contributed by atoms with Crippen LogP contribution < -0.4 is 5.32 Å². The molecule has 2 fully saturated rings. The van der Waals surface area contributed by atoms with E-state index >= 15 is 0 Å². The van der Waals surface area contributed by atoms with E-state index in [0.717, 1.165) is 5.92 Å². The van der Waals surface area contributed by atoms with E-state index in [1.807, 2.05) is 0 Å². The van der Waals surface area contributed by atoms with Gasteiger partial charge in [-0.05, 0) is 24.7 Å². The third kappa shape index (κ3) is 5.29. The monoisotopic (exact) mass is 325 g/mol. The van der Waals surface area contributed by atoms with E-state index in [4.69, 9.17) is 0 Å². The largest absolute Gasteiger partial charge is 0.295 e. The molecule has 4 heteroatoms. The smallest absolute Gasteiger partial charge is 0.240 e. The molecule has 2 rings (SSSR count). The molecular formula is C18H31NO2S. The van der Waals surface area contributed by atoms with Crippen LogP contribution in [0.4, 0.5) is 0 Å². The van der Waals surface area contributed by atoms with Crippen molar-refractivity contribution in [1.82, 2.24) is 5.32 Å². The fraction of sp³-hybridized carbons (Fsp3) is 0.889. The lowest BCUT2D eigenvalue weighted by Gasteiger charge is -2.25. The Morgan fingerprint density at radius 2 is 1.77 bits per heavy atom. The molecule has 22 heavy (non-hydrogen) atoms. The summed E-state index contributed by atoms with van der Waals surface area (Å²) in [5, 5.41) is 2.83. The van der Waals surface area contributed by atoms with Gasteiger partial charge in [-0.25, -0.2) is 0 Å². The molecule has 1 heterocycles. The number of amides is 2. The van der Waals surface area contributed by atoms with E-state index in [-0.39, 0.29) is 17.1 Å². The van der Waals surface area contributed by atoms with Crippen molar-refractivity contribution in [3.8, 4) is 0 Å².